The molecule has 1 aliphatic rings. The SMILES string of the molecule is CC(CNC(=O)OC(C)(C)C)N1CCCCC1. The lowest BCUT2D eigenvalue weighted by Crippen LogP contribution is -2.45. The van der Waals surface area contributed by atoms with E-state index in [2.05, 4.69) is 17.1 Å². The fraction of sp³-hybridized carbons (Fsp3) is 0.923. The summed E-state index contributed by atoms with van der Waals surface area (Å²) in [7, 11) is 0. The van der Waals surface area contributed by atoms with Crippen LogP contribution < -0.4 is 5.32 Å². The van der Waals surface area contributed by atoms with Crippen LogP contribution in [0.15, 0.2) is 0 Å². The number of hydrogen-bond acceptors (Lipinski definition) is 3. The second-order valence-corrected chi connectivity index (χ2v) is 5.83. The molecule has 0 spiro atoms. The van der Waals surface area contributed by atoms with Gasteiger partial charge in [0.15, 0.2) is 0 Å². The first-order valence-electron chi connectivity index (χ1n) is 6.59. The van der Waals surface area contributed by atoms with Crippen LogP contribution in [0.25, 0.3) is 0 Å². The molecular weight excluding hydrogens is 216 g/mol. The molecule has 1 amide bonds. The first-order chi connectivity index (χ1) is 7.88. The van der Waals surface area contributed by atoms with Crippen molar-refractivity contribution in [2.45, 2.75) is 58.6 Å². The molecule has 0 radical (unpaired) electrons. The van der Waals surface area contributed by atoms with Gasteiger partial charge in [0.25, 0.3) is 0 Å². The maximum Gasteiger partial charge on any atom is 0.407 e. The number of carbonyl (C=O) groups is 1. The van der Waals surface area contributed by atoms with E-state index in [-0.39, 0.29) is 6.09 Å². The summed E-state index contributed by atoms with van der Waals surface area (Å²) in [6, 6.07) is 0.391. The predicted octanol–water partition coefficient (Wildman–Crippen LogP) is 2.39. The standard InChI is InChI=1S/C13H26N2O2/c1-11(15-8-6-5-7-9-15)10-14-12(16)17-13(2,3)4/h11H,5-10H2,1-4H3,(H,14,16). The molecule has 17 heavy (non-hydrogen) atoms. The summed E-state index contributed by atoms with van der Waals surface area (Å²) in [4.78, 5) is 13.9. The van der Waals surface area contributed by atoms with Crippen molar-refractivity contribution in [3.05, 3.63) is 0 Å². The van der Waals surface area contributed by atoms with Crippen LogP contribution in [-0.4, -0.2) is 42.3 Å². The molecule has 1 N–H and O–H groups in total. The first-order valence-corrected chi connectivity index (χ1v) is 6.59. The highest BCUT2D eigenvalue weighted by molar-refractivity contribution is 5.67. The third-order valence-electron chi connectivity index (χ3n) is 2.95. The van der Waals surface area contributed by atoms with Crippen LogP contribution in [0.3, 0.4) is 0 Å². The van der Waals surface area contributed by atoms with Gasteiger partial charge in [-0.3, -0.25) is 4.90 Å². The van der Waals surface area contributed by atoms with Gasteiger partial charge in [0.2, 0.25) is 0 Å². The highest BCUT2D eigenvalue weighted by Crippen LogP contribution is 2.11. The average Bonchev–Trinajstić information content (AvgIpc) is 2.25. The van der Waals surface area contributed by atoms with Gasteiger partial charge in [-0.15, -0.1) is 0 Å². The molecule has 1 heterocycles. The third kappa shape index (κ3) is 5.91. The van der Waals surface area contributed by atoms with Crippen molar-refractivity contribution >= 4 is 6.09 Å². The smallest absolute Gasteiger partial charge is 0.407 e. The zero-order valence-corrected chi connectivity index (χ0v) is 11.6. The zero-order chi connectivity index (χ0) is 12.9. The molecule has 100 valence electrons. The summed E-state index contributed by atoms with van der Waals surface area (Å²) in [5.41, 5.74) is -0.418. The number of hydrogen-bond donors (Lipinski definition) is 1. The van der Waals surface area contributed by atoms with E-state index in [0.29, 0.717) is 12.6 Å². The second kappa shape index (κ2) is 6.24. The number of ether oxygens (including phenoxy) is 1. The Kier molecular flexibility index (Phi) is 5.25. The Bertz CT molecular complexity index is 242. The van der Waals surface area contributed by atoms with Crippen molar-refractivity contribution in [3.63, 3.8) is 0 Å². The van der Waals surface area contributed by atoms with Gasteiger partial charge >= 0.3 is 6.09 Å². The van der Waals surface area contributed by atoms with E-state index in [1.165, 1.54) is 19.3 Å². The molecule has 4 nitrogen and oxygen atoms in total. The van der Waals surface area contributed by atoms with Crippen molar-refractivity contribution in [3.8, 4) is 0 Å². The summed E-state index contributed by atoms with van der Waals surface area (Å²) < 4.78 is 5.21. The Morgan fingerprint density at radius 2 is 1.88 bits per heavy atom. The van der Waals surface area contributed by atoms with Gasteiger partial charge in [0, 0.05) is 12.6 Å². The van der Waals surface area contributed by atoms with Crippen molar-refractivity contribution in [1.82, 2.24) is 10.2 Å². The van der Waals surface area contributed by atoms with Crippen molar-refractivity contribution in [1.29, 1.82) is 0 Å². The maximum absolute atomic E-state index is 11.5. The summed E-state index contributed by atoms with van der Waals surface area (Å²) in [6.07, 6.45) is 3.57. The van der Waals surface area contributed by atoms with Crippen molar-refractivity contribution in [2.75, 3.05) is 19.6 Å². The molecule has 0 aliphatic carbocycles. The van der Waals surface area contributed by atoms with Crippen LogP contribution in [0, 0.1) is 0 Å². The molecule has 0 aromatic heterocycles. The maximum atomic E-state index is 11.5. The van der Waals surface area contributed by atoms with Gasteiger partial charge < -0.3 is 10.1 Å². The second-order valence-electron chi connectivity index (χ2n) is 5.83. The molecule has 1 aliphatic heterocycles. The normalized spacial score (nSPS) is 19.8. The van der Waals surface area contributed by atoms with Crippen LogP contribution >= 0.6 is 0 Å². The number of amides is 1. The number of alkyl carbamates (subject to hydrolysis) is 1. The summed E-state index contributed by atoms with van der Waals surface area (Å²) in [5.74, 6) is 0. The lowest BCUT2D eigenvalue weighted by Gasteiger charge is -2.32. The lowest BCUT2D eigenvalue weighted by atomic mass is 10.1. The molecule has 1 atom stereocenters. The highest BCUT2D eigenvalue weighted by Gasteiger charge is 2.19. The van der Waals surface area contributed by atoms with Gasteiger partial charge in [-0.1, -0.05) is 6.42 Å². The summed E-state index contributed by atoms with van der Waals surface area (Å²) in [5, 5.41) is 2.83. The molecule has 1 unspecified atom stereocenters. The molecular formula is C13H26N2O2. The monoisotopic (exact) mass is 242 g/mol. The third-order valence-corrected chi connectivity index (χ3v) is 2.95. The quantitative estimate of drug-likeness (QED) is 0.826. The summed E-state index contributed by atoms with van der Waals surface area (Å²) >= 11 is 0. The molecule has 4 heteroatoms. The fourth-order valence-corrected chi connectivity index (χ4v) is 2.03. The zero-order valence-electron chi connectivity index (χ0n) is 11.6. The minimum absolute atomic E-state index is 0.318. The van der Waals surface area contributed by atoms with Gasteiger partial charge in [-0.2, -0.15) is 0 Å². The Hall–Kier alpha value is -0.770. The van der Waals surface area contributed by atoms with E-state index >= 15 is 0 Å². The van der Waals surface area contributed by atoms with E-state index in [1.54, 1.807) is 0 Å². The van der Waals surface area contributed by atoms with E-state index in [9.17, 15) is 4.79 Å². The Morgan fingerprint density at radius 3 is 2.41 bits per heavy atom. The van der Waals surface area contributed by atoms with Gasteiger partial charge in [0.05, 0.1) is 0 Å². The number of nitrogens with zero attached hydrogens (tertiary/aromatic N) is 1. The average molecular weight is 242 g/mol. The van der Waals surface area contributed by atoms with Crippen LogP contribution in [-0.2, 0) is 4.74 Å². The minimum Gasteiger partial charge on any atom is -0.444 e. The van der Waals surface area contributed by atoms with E-state index < -0.39 is 5.60 Å². The minimum atomic E-state index is -0.418. The molecule has 0 saturated carbocycles. The van der Waals surface area contributed by atoms with E-state index in [1.807, 2.05) is 20.8 Å². The van der Waals surface area contributed by atoms with Gasteiger partial charge in [-0.25, -0.2) is 4.79 Å². The summed E-state index contributed by atoms with van der Waals surface area (Å²) in [6.45, 7) is 10.7. The lowest BCUT2D eigenvalue weighted by molar-refractivity contribution is 0.0506. The van der Waals surface area contributed by atoms with Gasteiger partial charge in [0.1, 0.15) is 5.60 Å². The van der Waals surface area contributed by atoms with E-state index in [0.717, 1.165) is 13.1 Å². The number of carbonyl (C=O) groups excluding carboxylic acids is 1. The number of likely N-dealkylation sites (tertiary alicyclic amines) is 1. The Morgan fingerprint density at radius 1 is 1.29 bits per heavy atom. The molecule has 0 aromatic carbocycles. The Balaban J connectivity index is 2.22. The van der Waals surface area contributed by atoms with Crippen molar-refractivity contribution in [2.24, 2.45) is 0 Å². The van der Waals surface area contributed by atoms with E-state index in [4.69, 9.17) is 4.74 Å². The molecule has 1 saturated heterocycles. The van der Waals surface area contributed by atoms with Crippen LogP contribution in [0.2, 0.25) is 0 Å². The number of nitrogens with one attached hydrogen (secondary N) is 1. The molecule has 0 aromatic rings. The molecule has 0 bridgehead atoms. The topological polar surface area (TPSA) is 41.6 Å². The molecule has 1 rings (SSSR count). The predicted molar refractivity (Wildman–Crippen MR) is 69.1 cm³/mol. The number of piperidine rings is 1. The van der Waals surface area contributed by atoms with Gasteiger partial charge in [-0.05, 0) is 53.6 Å². The van der Waals surface area contributed by atoms with Crippen LogP contribution in [0.4, 0.5) is 4.79 Å². The number of rotatable bonds is 3. The first kappa shape index (κ1) is 14.3. The van der Waals surface area contributed by atoms with Crippen LogP contribution in [0.5, 0.6) is 0 Å². The van der Waals surface area contributed by atoms with Crippen molar-refractivity contribution < 1.29 is 9.53 Å². The fourth-order valence-electron chi connectivity index (χ4n) is 2.03. The Labute approximate surface area is 105 Å². The largest absolute Gasteiger partial charge is 0.444 e. The molecule has 1 fully saturated rings. The van der Waals surface area contributed by atoms with Crippen LogP contribution in [0.1, 0.15) is 47.0 Å². The highest BCUT2D eigenvalue weighted by atomic mass is 16.6.